The van der Waals surface area contributed by atoms with Gasteiger partial charge in [0.15, 0.2) is 0 Å². The summed E-state index contributed by atoms with van der Waals surface area (Å²) in [6, 6.07) is -0.418. The highest BCUT2D eigenvalue weighted by molar-refractivity contribution is 5.92. The molecule has 0 aromatic heterocycles. The number of amides is 4. The number of methoxy groups -OCH3 is 1. The fourth-order valence-electron chi connectivity index (χ4n) is 3.82. The molecule has 0 aromatic carbocycles. The smallest absolute Gasteiger partial charge is 0.321 e. The number of urea groups is 1. The lowest BCUT2D eigenvalue weighted by molar-refractivity contribution is -0.143. The average molecular weight is 366 g/mol. The third kappa shape index (κ3) is 4.11. The van der Waals surface area contributed by atoms with Crippen molar-refractivity contribution in [2.75, 3.05) is 39.9 Å². The first-order chi connectivity index (χ1) is 12.4. The van der Waals surface area contributed by atoms with Gasteiger partial charge in [0.2, 0.25) is 11.8 Å². The molecule has 0 aromatic rings. The second-order valence-corrected chi connectivity index (χ2v) is 7.99. The minimum absolute atomic E-state index is 0.00960. The van der Waals surface area contributed by atoms with E-state index in [0.717, 1.165) is 12.8 Å². The molecule has 0 unspecified atom stereocenters. The minimum Gasteiger partial charge on any atom is -0.383 e. The highest BCUT2D eigenvalue weighted by Crippen LogP contribution is 2.29. The Bertz CT molecular complexity index is 563. The number of piperazine rings is 1. The normalized spacial score (nSPS) is 25.9. The molecule has 2 heterocycles. The van der Waals surface area contributed by atoms with Crippen LogP contribution in [0.2, 0.25) is 0 Å². The van der Waals surface area contributed by atoms with Crippen molar-refractivity contribution in [1.29, 1.82) is 0 Å². The van der Waals surface area contributed by atoms with Gasteiger partial charge in [0.05, 0.1) is 12.6 Å². The first kappa shape index (κ1) is 18.9. The van der Waals surface area contributed by atoms with E-state index < -0.39 is 6.04 Å². The first-order valence-corrected chi connectivity index (χ1v) is 9.55. The predicted molar refractivity (Wildman–Crippen MR) is 95.5 cm³/mol. The van der Waals surface area contributed by atoms with Crippen LogP contribution in [0.5, 0.6) is 0 Å². The van der Waals surface area contributed by atoms with Crippen molar-refractivity contribution in [3.8, 4) is 0 Å². The number of nitrogens with zero attached hydrogens (tertiary/aromatic N) is 3. The third-order valence-electron chi connectivity index (χ3n) is 5.22. The van der Waals surface area contributed by atoms with E-state index in [1.807, 2.05) is 0 Å². The molecule has 2 aliphatic heterocycles. The molecule has 26 heavy (non-hydrogen) atoms. The fraction of sp³-hybridized carbons (Fsp3) is 0.833. The van der Waals surface area contributed by atoms with Crippen molar-refractivity contribution in [1.82, 2.24) is 20.0 Å². The summed E-state index contributed by atoms with van der Waals surface area (Å²) < 4.78 is 5.12. The van der Waals surface area contributed by atoms with Gasteiger partial charge >= 0.3 is 6.03 Å². The highest BCUT2D eigenvalue weighted by Gasteiger charge is 2.49. The van der Waals surface area contributed by atoms with Gasteiger partial charge in [-0.1, -0.05) is 13.8 Å². The van der Waals surface area contributed by atoms with Crippen LogP contribution in [0, 0.1) is 5.92 Å². The molecule has 3 rings (SSSR count). The lowest BCUT2D eigenvalue weighted by atomic mass is 9.97. The first-order valence-electron chi connectivity index (χ1n) is 9.55. The van der Waals surface area contributed by atoms with Crippen LogP contribution in [0.4, 0.5) is 4.79 Å². The van der Waals surface area contributed by atoms with Crippen LogP contribution in [0.1, 0.15) is 33.1 Å². The lowest BCUT2D eigenvalue weighted by Gasteiger charge is -2.42. The van der Waals surface area contributed by atoms with Gasteiger partial charge in [-0.05, 0) is 25.2 Å². The quantitative estimate of drug-likeness (QED) is 0.669. The van der Waals surface area contributed by atoms with E-state index in [0.29, 0.717) is 38.6 Å². The Morgan fingerprint density at radius 1 is 1.23 bits per heavy atom. The number of hydrogen-bond acceptors (Lipinski definition) is 4. The summed E-state index contributed by atoms with van der Waals surface area (Å²) >= 11 is 0. The van der Waals surface area contributed by atoms with Gasteiger partial charge in [-0.15, -0.1) is 0 Å². The van der Waals surface area contributed by atoms with Crippen molar-refractivity contribution < 1.29 is 19.1 Å². The predicted octanol–water partition coefficient (Wildman–Crippen LogP) is 0.275. The molecular weight excluding hydrogens is 336 g/mol. The molecule has 3 aliphatic rings. The zero-order valence-corrected chi connectivity index (χ0v) is 15.9. The van der Waals surface area contributed by atoms with Crippen LogP contribution in [0.3, 0.4) is 0 Å². The minimum atomic E-state index is -0.449. The molecule has 8 heteroatoms. The number of carbonyl (C=O) groups is 3. The summed E-state index contributed by atoms with van der Waals surface area (Å²) in [7, 11) is 1.62. The third-order valence-corrected chi connectivity index (χ3v) is 5.22. The summed E-state index contributed by atoms with van der Waals surface area (Å²) in [4.78, 5) is 43.0. The second-order valence-electron chi connectivity index (χ2n) is 7.99. The molecule has 2 atom stereocenters. The van der Waals surface area contributed by atoms with E-state index >= 15 is 0 Å². The van der Waals surface area contributed by atoms with Crippen molar-refractivity contribution >= 4 is 17.8 Å². The number of ether oxygens (including phenoxy) is 1. The van der Waals surface area contributed by atoms with Crippen LogP contribution in [0.25, 0.3) is 0 Å². The van der Waals surface area contributed by atoms with Crippen molar-refractivity contribution in [3.05, 3.63) is 0 Å². The SMILES string of the molecule is COCCN1C[C@H]2CN(CC(=O)NC3CC3)C(=O)N2[C@@H](CC(C)C)C1=O. The van der Waals surface area contributed by atoms with Gasteiger partial charge in [-0.3, -0.25) is 9.59 Å². The van der Waals surface area contributed by atoms with E-state index in [2.05, 4.69) is 19.2 Å². The van der Waals surface area contributed by atoms with E-state index in [-0.39, 0.29) is 36.5 Å². The molecule has 0 spiro atoms. The van der Waals surface area contributed by atoms with Gasteiger partial charge in [-0.25, -0.2) is 4.79 Å². The Balaban J connectivity index is 1.70. The van der Waals surface area contributed by atoms with E-state index in [4.69, 9.17) is 4.74 Å². The maximum absolute atomic E-state index is 12.9. The van der Waals surface area contributed by atoms with Crippen molar-refractivity contribution in [2.24, 2.45) is 5.92 Å². The van der Waals surface area contributed by atoms with Gasteiger partial charge in [0.25, 0.3) is 0 Å². The number of rotatable bonds is 8. The van der Waals surface area contributed by atoms with Gasteiger partial charge in [0, 0.05) is 32.8 Å². The zero-order valence-electron chi connectivity index (χ0n) is 15.9. The van der Waals surface area contributed by atoms with E-state index in [9.17, 15) is 14.4 Å². The molecule has 146 valence electrons. The van der Waals surface area contributed by atoms with E-state index in [1.165, 1.54) is 0 Å². The second kappa shape index (κ2) is 7.82. The largest absolute Gasteiger partial charge is 0.383 e. The summed E-state index contributed by atoms with van der Waals surface area (Å²) in [6.45, 7) is 6.18. The summed E-state index contributed by atoms with van der Waals surface area (Å²) in [5.41, 5.74) is 0. The Labute approximate surface area is 154 Å². The van der Waals surface area contributed by atoms with Gasteiger partial charge < -0.3 is 24.8 Å². The van der Waals surface area contributed by atoms with Crippen LogP contribution >= 0.6 is 0 Å². The molecule has 0 bridgehead atoms. The molecular formula is C18H30N4O4. The molecule has 2 saturated heterocycles. The Morgan fingerprint density at radius 3 is 2.54 bits per heavy atom. The van der Waals surface area contributed by atoms with Crippen LogP contribution in [-0.4, -0.2) is 90.6 Å². The summed E-state index contributed by atoms with van der Waals surface area (Å²) in [5.74, 6) is 0.181. The molecule has 4 amide bonds. The van der Waals surface area contributed by atoms with Crippen LogP contribution in [-0.2, 0) is 14.3 Å². The Kier molecular flexibility index (Phi) is 5.70. The highest BCUT2D eigenvalue weighted by atomic mass is 16.5. The monoisotopic (exact) mass is 366 g/mol. The maximum Gasteiger partial charge on any atom is 0.321 e. The molecule has 1 N–H and O–H groups in total. The Morgan fingerprint density at radius 2 is 1.92 bits per heavy atom. The molecule has 1 aliphatic carbocycles. The van der Waals surface area contributed by atoms with Crippen LogP contribution < -0.4 is 5.32 Å². The number of fused-ring (bicyclic) bond motifs is 1. The zero-order chi connectivity index (χ0) is 18.8. The number of nitrogens with one attached hydrogen (secondary N) is 1. The van der Waals surface area contributed by atoms with Crippen molar-refractivity contribution in [2.45, 2.75) is 51.2 Å². The van der Waals surface area contributed by atoms with E-state index in [1.54, 1.807) is 21.8 Å². The molecule has 1 saturated carbocycles. The van der Waals surface area contributed by atoms with Gasteiger partial charge in [-0.2, -0.15) is 0 Å². The van der Waals surface area contributed by atoms with Crippen LogP contribution in [0.15, 0.2) is 0 Å². The summed E-state index contributed by atoms with van der Waals surface area (Å²) in [5, 5.41) is 2.93. The van der Waals surface area contributed by atoms with Gasteiger partial charge in [0.1, 0.15) is 12.6 Å². The molecule has 3 fully saturated rings. The Hall–Kier alpha value is -1.83. The molecule has 8 nitrogen and oxygen atoms in total. The maximum atomic E-state index is 12.9. The average Bonchev–Trinajstić information content (AvgIpc) is 3.33. The lowest BCUT2D eigenvalue weighted by Crippen LogP contribution is -2.61. The van der Waals surface area contributed by atoms with Crippen molar-refractivity contribution in [3.63, 3.8) is 0 Å². The standard InChI is InChI=1S/C18H30N4O4/c1-12(2)8-15-17(24)20(6-7-26-3)9-14-10-21(18(25)22(14)15)11-16(23)19-13-4-5-13/h12-15H,4-11H2,1-3H3,(H,19,23)/t14-,15-/m0/s1. The number of hydrogen-bond donors (Lipinski definition) is 1. The number of carbonyl (C=O) groups excluding carboxylic acids is 3. The summed E-state index contributed by atoms with van der Waals surface area (Å²) in [6.07, 6.45) is 2.67. The molecule has 0 radical (unpaired) electrons. The fourth-order valence-corrected chi connectivity index (χ4v) is 3.82. The topological polar surface area (TPSA) is 82.2 Å².